The van der Waals surface area contributed by atoms with Gasteiger partial charge in [-0.05, 0) is 48.9 Å². The molecule has 3 rings (SSSR count). The van der Waals surface area contributed by atoms with Gasteiger partial charge in [-0.2, -0.15) is 5.26 Å². The van der Waals surface area contributed by atoms with E-state index in [1.54, 1.807) is 11.8 Å². The summed E-state index contributed by atoms with van der Waals surface area (Å²) < 4.78 is 0. The third kappa shape index (κ3) is 4.65. The smallest absolute Gasteiger partial charge is 0.153 e. The number of rotatable bonds is 3. The fraction of sp³-hybridized carbons (Fsp3) is 0.824. The number of nitrogens with two attached hydrogens (primary N) is 1. The fourth-order valence-corrected chi connectivity index (χ4v) is 4.82. The van der Waals surface area contributed by atoms with Crippen molar-refractivity contribution in [3.05, 3.63) is 0 Å². The molecule has 0 amide bonds. The molecular weight excluding hydrogens is 278 g/mol. The summed E-state index contributed by atoms with van der Waals surface area (Å²) in [5.41, 5.74) is 6.03. The van der Waals surface area contributed by atoms with Crippen LogP contribution in [0.4, 0.5) is 0 Å². The molecule has 2 heterocycles. The van der Waals surface area contributed by atoms with Crippen LogP contribution in [-0.2, 0) is 0 Å². The SMILES string of the molecule is CC(SC#CC#N)C1NCC(CN)C2CCCC1CCC2. The summed E-state index contributed by atoms with van der Waals surface area (Å²) in [5, 5.41) is 15.7. The molecule has 3 nitrogen and oxygen atoms in total. The number of hydrogen-bond donors (Lipinski definition) is 2. The molecule has 2 aliphatic heterocycles. The third-order valence-corrected chi connectivity index (χ3v) is 6.14. The van der Waals surface area contributed by atoms with Gasteiger partial charge in [-0.1, -0.05) is 44.4 Å². The predicted molar refractivity (Wildman–Crippen MR) is 89.5 cm³/mol. The Morgan fingerprint density at radius 2 is 1.90 bits per heavy atom. The van der Waals surface area contributed by atoms with E-state index in [2.05, 4.69) is 23.4 Å². The van der Waals surface area contributed by atoms with Gasteiger partial charge in [0.15, 0.2) is 6.07 Å². The van der Waals surface area contributed by atoms with Crippen molar-refractivity contribution < 1.29 is 0 Å². The van der Waals surface area contributed by atoms with Crippen molar-refractivity contribution in [1.29, 1.82) is 5.26 Å². The molecule has 3 N–H and O–H groups in total. The molecule has 1 aliphatic carbocycles. The number of thioether (sulfide) groups is 1. The average Bonchev–Trinajstić information content (AvgIpc) is 2.59. The van der Waals surface area contributed by atoms with Crippen molar-refractivity contribution in [3.63, 3.8) is 0 Å². The zero-order chi connectivity index (χ0) is 15.1. The third-order valence-electron chi connectivity index (χ3n) is 5.25. The van der Waals surface area contributed by atoms with E-state index < -0.39 is 0 Å². The summed E-state index contributed by atoms with van der Waals surface area (Å²) in [4.78, 5) is 0. The summed E-state index contributed by atoms with van der Waals surface area (Å²) in [6.45, 7) is 4.08. The molecule has 3 atom stereocenters. The average molecular weight is 305 g/mol. The second-order valence-electron chi connectivity index (χ2n) is 6.47. The lowest BCUT2D eigenvalue weighted by molar-refractivity contribution is 0.265. The first-order chi connectivity index (χ1) is 10.3. The van der Waals surface area contributed by atoms with E-state index in [9.17, 15) is 0 Å². The molecule has 1 saturated carbocycles. The van der Waals surface area contributed by atoms with Crippen LogP contribution in [0, 0.1) is 40.3 Å². The van der Waals surface area contributed by atoms with Crippen LogP contribution in [0.1, 0.15) is 45.4 Å². The molecule has 3 fully saturated rings. The normalized spacial score (nSPS) is 34.3. The molecule has 0 aromatic rings. The molecule has 0 aromatic carbocycles. The Balaban J connectivity index is 2.09. The van der Waals surface area contributed by atoms with Gasteiger partial charge in [0.2, 0.25) is 0 Å². The zero-order valence-corrected chi connectivity index (χ0v) is 13.8. The maximum absolute atomic E-state index is 8.55. The quantitative estimate of drug-likeness (QED) is 0.787. The Labute approximate surface area is 133 Å². The molecule has 4 heteroatoms. The second kappa shape index (κ2) is 8.69. The molecule has 0 radical (unpaired) electrons. The molecule has 0 spiro atoms. The van der Waals surface area contributed by atoms with Gasteiger partial charge in [0.05, 0.1) is 0 Å². The lowest BCUT2D eigenvalue weighted by Gasteiger charge is -2.31. The minimum Gasteiger partial charge on any atom is -0.330 e. The minimum atomic E-state index is 0.420. The fourth-order valence-electron chi connectivity index (χ4n) is 4.07. The summed E-state index contributed by atoms with van der Waals surface area (Å²) >= 11 is 1.61. The summed E-state index contributed by atoms with van der Waals surface area (Å²) in [7, 11) is 0. The second-order valence-corrected chi connectivity index (χ2v) is 7.66. The van der Waals surface area contributed by atoms with Crippen LogP contribution < -0.4 is 11.1 Å². The van der Waals surface area contributed by atoms with Crippen LogP contribution in [0.2, 0.25) is 0 Å². The van der Waals surface area contributed by atoms with Gasteiger partial charge in [-0.15, -0.1) is 0 Å². The van der Waals surface area contributed by atoms with Gasteiger partial charge < -0.3 is 11.1 Å². The summed E-state index contributed by atoms with van der Waals surface area (Å²) in [6.07, 6.45) is 8.02. The van der Waals surface area contributed by atoms with Crippen LogP contribution in [0.25, 0.3) is 0 Å². The van der Waals surface area contributed by atoms with Gasteiger partial charge in [-0.3, -0.25) is 0 Å². The number of fused-ring (bicyclic) bond motifs is 7. The molecule has 2 saturated heterocycles. The molecule has 116 valence electrons. The van der Waals surface area contributed by atoms with E-state index in [1.165, 1.54) is 38.5 Å². The maximum Gasteiger partial charge on any atom is 0.153 e. The van der Waals surface area contributed by atoms with Crippen molar-refractivity contribution in [2.24, 2.45) is 23.5 Å². The highest BCUT2D eigenvalue weighted by molar-refractivity contribution is 8.04. The monoisotopic (exact) mass is 305 g/mol. The lowest BCUT2D eigenvalue weighted by Crippen LogP contribution is -2.45. The lowest BCUT2D eigenvalue weighted by atomic mass is 9.79. The highest BCUT2D eigenvalue weighted by Crippen LogP contribution is 2.35. The first-order valence-corrected chi connectivity index (χ1v) is 9.12. The van der Waals surface area contributed by atoms with Crippen molar-refractivity contribution in [2.45, 2.75) is 56.7 Å². The van der Waals surface area contributed by atoms with E-state index in [0.717, 1.165) is 24.9 Å². The van der Waals surface area contributed by atoms with Crippen molar-refractivity contribution in [3.8, 4) is 17.2 Å². The highest BCUT2D eigenvalue weighted by atomic mass is 32.2. The van der Waals surface area contributed by atoms with Gasteiger partial charge >= 0.3 is 0 Å². The molecule has 2 bridgehead atoms. The number of nitriles is 1. The topological polar surface area (TPSA) is 61.8 Å². The maximum atomic E-state index is 8.55. The minimum absolute atomic E-state index is 0.420. The Kier molecular flexibility index (Phi) is 6.90. The molecule has 21 heavy (non-hydrogen) atoms. The first kappa shape index (κ1) is 16.7. The van der Waals surface area contributed by atoms with Crippen molar-refractivity contribution >= 4 is 11.8 Å². The number of nitrogens with zero attached hydrogens (tertiary/aromatic N) is 1. The van der Waals surface area contributed by atoms with E-state index in [0.29, 0.717) is 17.2 Å². The largest absolute Gasteiger partial charge is 0.330 e. The van der Waals surface area contributed by atoms with Crippen LogP contribution in [0.3, 0.4) is 0 Å². The predicted octanol–water partition coefficient (Wildman–Crippen LogP) is 2.73. The van der Waals surface area contributed by atoms with E-state index in [1.807, 2.05) is 6.07 Å². The number of nitrogens with one attached hydrogen (secondary N) is 1. The van der Waals surface area contributed by atoms with Crippen molar-refractivity contribution in [1.82, 2.24) is 5.32 Å². The van der Waals surface area contributed by atoms with Gasteiger partial charge in [0.25, 0.3) is 0 Å². The van der Waals surface area contributed by atoms with Gasteiger partial charge in [-0.25, -0.2) is 0 Å². The molecule has 3 unspecified atom stereocenters. The van der Waals surface area contributed by atoms with Crippen LogP contribution in [0.5, 0.6) is 0 Å². The van der Waals surface area contributed by atoms with E-state index in [-0.39, 0.29) is 0 Å². The molecule has 0 aromatic heterocycles. The molecule has 3 aliphatic rings. The summed E-state index contributed by atoms with van der Waals surface area (Å²) in [6, 6.07) is 2.39. The van der Waals surface area contributed by atoms with E-state index in [4.69, 9.17) is 11.0 Å². The van der Waals surface area contributed by atoms with Crippen LogP contribution >= 0.6 is 11.8 Å². The van der Waals surface area contributed by atoms with Gasteiger partial charge in [0, 0.05) is 17.2 Å². The zero-order valence-electron chi connectivity index (χ0n) is 13.0. The van der Waals surface area contributed by atoms with Crippen LogP contribution in [-0.4, -0.2) is 24.4 Å². The first-order valence-electron chi connectivity index (χ1n) is 8.24. The Hall–Kier alpha value is -0.680. The van der Waals surface area contributed by atoms with Gasteiger partial charge in [0.1, 0.15) is 0 Å². The Morgan fingerprint density at radius 3 is 2.52 bits per heavy atom. The Bertz CT molecular complexity index is 410. The Morgan fingerprint density at radius 1 is 1.24 bits per heavy atom. The molecular formula is C17H27N3S. The standard InChI is InChI=1S/C17H27N3S/c1-13(21-10-4-9-18)17-15-7-2-5-14(6-3-8-15)16(11-19)12-20-17/h13-17,20H,2-3,5-8,11-12,19H2,1H3. The summed E-state index contributed by atoms with van der Waals surface area (Å²) in [5.74, 6) is 4.67. The highest BCUT2D eigenvalue weighted by Gasteiger charge is 2.33. The van der Waals surface area contributed by atoms with Crippen LogP contribution in [0.15, 0.2) is 0 Å². The van der Waals surface area contributed by atoms with E-state index >= 15 is 0 Å². The number of hydrogen-bond acceptors (Lipinski definition) is 4. The van der Waals surface area contributed by atoms with Crippen molar-refractivity contribution in [2.75, 3.05) is 13.1 Å².